The van der Waals surface area contributed by atoms with Crippen LogP contribution in [0.2, 0.25) is 0 Å². The van der Waals surface area contributed by atoms with Crippen LogP contribution >= 0.6 is 0 Å². The number of pyridine rings is 1. The number of alkyl carbamates (subject to hydrolysis) is 1. The lowest BCUT2D eigenvalue weighted by Crippen LogP contribution is -2.44. The molecule has 33 heavy (non-hydrogen) atoms. The van der Waals surface area contributed by atoms with E-state index in [1.807, 2.05) is 18.2 Å². The molecular formula is C22H30N6O5. The Bertz CT molecular complexity index is 958. The van der Waals surface area contributed by atoms with E-state index in [-0.39, 0.29) is 25.1 Å². The van der Waals surface area contributed by atoms with Crippen LogP contribution < -0.4 is 20.5 Å². The molecule has 1 aromatic carbocycles. The highest BCUT2D eigenvalue weighted by Crippen LogP contribution is 2.34. The second kappa shape index (κ2) is 11.9. The number of aromatic nitrogens is 1. The van der Waals surface area contributed by atoms with Crippen molar-refractivity contribution in [1.82, 2.24) is 10.3 Å². The Labute approximate surface area is 192 Å². The van der Waals surface area contributed by atoms with Crippen LogP contribution in [0.1, 0.15) is 38.0 Å². The first-order valence-corrected chi connectivity index (χ1v) is 10.3. The van der Waals surface area contributed by atoms with Crippen molar-refractivity contribution in [1.29, 1.82) is 10.9 Å². The van der Waals surface area contributed by atoms with Gasteiger partial charge in [-0.3, -0.25) is 5.41 Å². The summed E-state index contributed by atoms with van der Waals surface area (Å²) < 4.78 is 16.4. The van der Waals surface area contributed by atoms with E-state index in [4.69, 9.17) is 36.0 Å². The van der Waals surface area contributed by atoms with Gasteiger partial charge < -0.3 is 30.4 Å². The molecule has 178 valence electrons. The van der Waals surface area contributed by atoms with Gasteiger partial charge in [-0.05, 0) is 44.5 Å². The molecule has 0 saturated heterocycles. The average Bonchev–Trinajstić information content (AvgIpc) is 2.81. The number of rotatable bonds is 5. The Kier molecular flexibility index (Phi) is 9.25. The number of aliphatic hydroxyl groups excluding tert-OH is 1. The van der Waals surface area contributed by atoms with Gasteiger partial charge in [0, 0.05) is 18.3 Å². The number of hydrogen-bond donors (Lipinski definition) is 5. The summed E-state index contributed by atoms with van der Waals surface area (Å²) in [4.78, 5) is 15.2. The van der Waals surface area contributed by atoms with Crippen LogP contribution in [0.4, 0.5) is 4.79 Å². The molecule has 11 nitrogen and oxygen atoms in total. The van der Waals surface area contributed by atoms with Crippen LogP contribution in [-0.2, 0) is 4.74 Å². The molecular weight excluding hydrogens is 428 g/mol. The summed E-state index contributed by atoms with van der Waals surface area (Å²) in [5.41, 5.74) is 13.1. The molecule has 0 radical (unpaired) electrons. The molecule has 0 spiro atoms. The summed E-state index contributed by atoms with van der Waals surface area (Å²) in [6.07, 6.45) is 0.809. The molecule has 1 amide bonds. The van der Waals surface area contributed by atoms with Gasteiger partial charge in [-0.25, -0.2) is 15.3 Å². The van der Waals surface area contributed by atoms with E-state index in [0.29, 0.717) is 23.8 Å². The summed E-state index contributed by atoms with van der Waals surface area (Å²) in [6.45, 7) is 5.69. The molecule has 2 aromatic rings. The van der Waals surface area contributed by atoms with Crippen molar-refractivity contribution < 1.29 is 24.1 Å². The number of nitrogens with two attached hydrogens (primary N) is 1. The maximum atomic E-state index is 11.1. The van der Waals surface area contributed by atoms with Crippen molar-refractivity contribution in [2.45, 2.75) is 38.5 Å². The minimum absolute atomic E-state index is 0.0814. The van der Waals surface area contributed by atoms with Gasteiger partial charge in [0.1, 0.15) is 12.2 Å². The van der Waals surface area contributed by atoms with E-state index in [0.717, 1.165) is 5.56 Å². The monoisotopic (exact) mass is 458 g/mol. The molecule has 2 unspecified atom stereocenters. The molecule has 3 rings (SSSR count). The zero-order chi connectivity index (χ0) is 24.4. The number of amidine groups is 1. The van der Waals surface area contributed by atoms with Gasteiger partial charge in [-0.1, -0.05) is 18.2 Å². The lowest BCUT2D eigenvalue weighted by molar-refractivity contribution is 0.0485. The number of carbonyl (C=O) groups excluding carboxylic acids is 1. The van der Waals surface area contributed by atoms with Gasteiger partial charge in [0.05, 0.1) is 12.6 Å². The molecule has 1 aliphatic rings. The number of benzene rings is 1. The lowest BCUT2D eigenvalue weighted by atomic mass is 10.1. The maximum absolute atomic E-state index is 11.1. The van der Waals surface area contributed by atoms with Crippen molar-refractivity contribution in [2.75, 3.05) is 19.8 Å². The third-order valence-electron chi connectivity index (χ3n) is 4.25. The lowest BCUT2D eigenvalue weighted by Gasteiger charge is -2.25. The zero-order valence-corrected chi connectivity index (χ0v) is 18.9. The number of amides is 1. The summed E-state index contributed by atoms with van der Waals surface area (Å²) in [6, 6.07) is 10.4. The first-order chi connectivity index (χ1) is 15.7. The summed E-state index contributed by atoms with van der Waals surface area (Å²) in [5, 5.41) is 21.9. The third kappa shape index (κ3) is 8.13. The first kappa shape index (κ1) is 25.7. The molecule has 6 N–H and O–H groups in total. The number of hydrogen-bond acceptors (Lipinski definition) is 9. The Morgan fingerprint density at radius 2 is 2.15 bits per heavy atom. The largest absolute Gasteiger partial charge is 0.484 e. The van der Waals surface area contributed by atoms with Crippen LogP contribution in [0, 0.1) is 10.9 Å². The molecule has 1 aromatic heterocycles. The Morgan fingerprint density at radius 1 is 1.39 bits per heavy atom. The van der Waals surface area contributed by atoms with Crippen LogP contribution in [0.15, 0.2) is 47.7 Å². The number of nitrogens with one attached hydrogen (secondary N) is 3. The summed E-state index contributed by atoms with van der Waals surface area (Å²) in [5.74, 6) is 1.02. The number of nitrogens with zero attached hydrogens (tertiary/aromatic N) is 2. The zero-order valence-electron chi connectivity index (χ0n) is 18.9. The minimum Gasteiger partial charge on any atom is -0.484 e. The van der Waals surface area contributed by atoms with E-state index >= 15 is 0 Å². The number of carbonyl (C=O) groups is 1. The Morgan fingerprint density at radius 3 is 2.79 bits per heavy atom. The van der Waals surface area contributed by atoms with Gasteiger partial charge in [0.25, 0.3) is 5.88 Å². The highest BCUT2D eigenvalue weighted by atomic mass is 16.6. The second-order valence-electron chi connectivity index (χ2n) is 8.07. The topological polar surface area (TPSA) is 176 Å². The minimum atomic E-state index is -0.558. The summed E-state index contributed by atoms with van der Waals surface area (Å²) >= 11 is 0. The molecule has 0 saturated carbocycles. The van der Waals surface area contributed by atoms with Crippen LogP contribution in [-0.4, -0.2) is 53.4 Å². The molecule has 0 fully saturated rings. The van der Waals surface area contributed by atoms with Crippen molar-refractivity contribution in [3.8, 4) is 11.6 Å². The Hall–Kier alpha value is -3.57. The van der Waals surface area contributed by atoms with Gasteiger partial charge in [0.15, 0.2) is 17.7 Å². The average molecular weight is 459 g/mol. The molecule has 1 aliphatic heterocycles. The number of ether oxygens (including phenoxy) is 3. The van der Waals surface area contributed by atoms with Gasteiger partial charge >= 0.3 is 6.09 Å². The molecule has 2 heterocycles. The van der Waals surface area contributed by atoms with Crippen molar-refractivity contribution >= 4 is 11.9 Å². The Balaban J connectivity index is 0.000000260. The molecule has 2 atom stereocenters. The van der Waals surface area contributed by atoms with Crippen LogP contribution in [0.5, 0.6) is 11.6 Å². The second-order valence-corrected chi connectivity index (χ2v) is 8.07. The fourth-order valence-electron chi connectivity index (χ4n) is 2.68. The highest BCUT2D eigenvalue weighted by molar-refractivity contribution is 5.96. The van der Waals surface area contributed by atoms with Crippen molar-refractivity contribution in [3.05, 3.63) is 53.7 Å². The summed E-state index contributed by atoms with van der Waals surface area (Å²) in [7, 11) is 0. The fraction of sp³-hybridized carbons (Fsp3) is 0.409. The van der Waals surface area contributed by atoms with E-state index in [1.165, 1.54) is 0 Å². The van der Waals surface area contributed by atoms with Crippen LogP contribution in [0.3, 0.4) is 0 Å². The highest BCUT2D eigenvalue weighted by Gasteiger charge is 2.23. The van der Waals surface area contributed by atoms with Gasteiger partial charge in [-0.2, -0.15) is 0 Å². The van der Waals surface area contributed by atoms with Gasteiger partial charge in [0.2, 0.25) is 0 Å². The third-order valence-corrected chi connectivity index (χ3v) is 4.25. The van der Waals surface area contributed by atoms with Crippen LogP contribution in [0.25, 0.3) is 0 Å². The first-order valence-electron chi connectivity index (χ1n) is 10.3. The number of fused-ring (bicyclic) bond motifs is 1. The normalized spacial score (nSPS) is 15.4. The van der Waals surface area contributed by atoms with E-state index in [9.17, 15) is 4.79 Å². The quantitative estimate of drug-likeness (QED) is 0.260. The molecule has 0 aliphatic carbocycles. The predicted octanol–water partition coefficient (Wildman–Crippen LogP) is 2.78. The van der Waals surface area contributed by atoms with E-state index in [2.05, 4.69) is 15.4 Å². The molecule has 0 bridgehead atoms. The SMILES string of the molecule is CC(C)(C)OC(=O)NC(CN)CO.N=NC(=N)c1cccc(C2COc3cccnc3O2)c1. The number of aliphatic hydroxyl groups is 1. The standard InChI is InChI=1S/C14H12N4O2.C8H18N2O3/c15-13(18-16)10-4-1-3-9(7-10)12-8-19-11-5-2-6-17-14(11)20-12;1-8(2,3)13-7(12)10-6(4-9)5-11/h1-7,12,15-16H,8H2;6,11H,4-5,9H2,1-3H3,(H,10,12). The van der Waals surface area contributed by atoms with E-state index < -0.39 is 17.7 Å². The van der Waals surface area contributed by atoms with Gasteiger partial charge in [-0.15, -0.1) is 5.11 Å². The maximum Gasteiger partial charge on any atom is 0.407 e. The predicted molar refractivity (Wildman–Crippen MR) is 121 cm³/mol. The fourth-order valence-corrected chi connectivity index (χ4v) is 2.68. The van der Waals surface area contributed by atoms with E-state index in [1.54, 1.807) is 45.2 Å². The molecule has 11 heteroatoms. The van der Waals surface area contributed by atoms with Crippen molar-refractivity contribution in [2.24, 2.45) is 10.8 Å². The smallest absolute Gasteiger partial charge is 0.407 e. The van der Waals surface area contributed by atoms with Crippen molar-refractivity contribution in [3.63, 3.8) is 0 Å².